The molecule has 21 heavy (non-hydrogen) atoms. The minimum Gasteiger partial charge on any atom is -0.382 e. The summed E-state index contributed by atoms with van der Waals surface area (Å²) in [5.41, 5.74) is 1.91. The fraction of sp³-hybridized carbons (Fsp3) is 0.529. The van der Waals surface area contributed by atoms with E-state index in [0.717, 1.165) is 5.69 Å². The molecule has 3 rings (SSSR count). The lowest BCUT2D eigenvalue weighted by Gasteiger charge is -2.35. The number of fused-ring (bicyclic) bond motifs is 1. The first kappa shape index (κ1) is 14.1. The van der Waals surface area contributed by atoms with E-state index in [-0.39, 0.29) is 11.8 Å². The lowest BCUT2D eigenvalue weighted by atomic mass is 9.77. The monoisotopic (exact) mass is 286 g/mol. The Hall–Kier alpha value is -1.84. The molecule has 1 aliphatic heterocycles. The first-order valence-corrected chi connectivity index (χ1v) is 7.82. The molecule has 2 amide bonds. The number of nitrogens with one attached hydrogen (secondary N) is 2. The molecule has 112 valence electrons. The van der Waals surface area contributed by atoms with Gasteiger partial charge in [0.2, 0.25) is 0 Å². The maximum Gasteiger partial charge on any atom is 0.259 e. The predicted molar refractivity (Wildman–Crippen MR) is 82.4 cm³/mol. The van der Waals surface area contributed by atoms with Gasteiger partial charge in [-0.05, 0) is 42.9 Å². The van der Waals surface area contributed by atoms with Crippen LogP contribution in [0.3, 0.4) is 0 Å². The van der Waals surface area contributed by atoms with Crippen molar-refractivity contribution in [2.75, 3.05) is 5.32 Å². The van der Waals surface area contributed by atoms with Crippen LogP contribution in [-0.2, 0) is 0 Å². The van der Waals surface area contributed by atoms with Crippen LogP contribution in [0.1, 0.15) is 60.2 Å². The molecule has 1 aliphatic carbocycles. The number of anilines is 1. The van der Waals surface area contributed by atoms with Crippen LogP contribution in [0, 0.1) is 11.8 Å². The van der Waals surface area contributed by atoms with Gasteiger partial charge in [-0.2, -0.15) is 0 Å². The van der Waals surface area contributed by atoms with Crippen molar-refractivity contribution in [1.29, 1.82) is 0 Å². The number of amides is 2. The molecule has 0 spiro atoms. The van der Waals surface area contributed by atoms with Crippen molar-refractivity contribution < 1.29 is 9.59 Å². The van der Waals surface area contributed by atoms with E-state index in [1.807, 2.05) is 12.1 Å². The summed E-state index contributed by atoms with van der Waals surface area (Å²) >= 11 is 0. The van der Waals surface area contributed by atoms with E-state index >= 15 is 0 Å². The molecule has 2 N–H and O–H groups in total. The van der Waals surface area contributed by atoms with E-state index in [2.05, 4.69) is 24.5 Å². The first-order chi connectivity index (χ1) is 10.1. The summed E-state index contributed by atoms with van der Waals surface area (Å²) in [7, 11) is 0. The summed E-state index contributed by atoms with van der Waals surface area (Å²) in [6.45, 7) is 4.55. The highest BCUT2D eigenvalue weighted by molar-refractivity contribution is 6.21. The SMILES string of the molecule is CC(C)C1CCCCC1Nc1ccc2c(c1)C(=O)NC2=O. The molecule has 0 aromatic heterocycles. The van der Waals surface area contributed by atoms with Gasteiger partial charge in [-0.3, -0.25) is 14.9 Å². The van der Waals surface area contributed by atoms with Crippen LogP contribution in [0.25, 0.3) is 0 Å². The minimum atomic E-state index is -0.292. The smallest absolute Gasteiger partial charge is 0.259 e. The molecule has 0 radical (unpaired) electrons. The standard InChI is InChI=1S/C17H22N2O2/c1-10(2)12-5-3-4-6-15(12)18-11-7-8-13-14(9-11)17(21)19-16(13)20/h7-10,12,15,18H,3-6H2,1-2H3,(H,19,20,21). The third-order valence-corrected chi connectivity index (χ3v) is 4.76. The van der Waals surface area contributed by atoms with Crippen molar-refractivity contribution in [3.05, 3.63) is 29.3 Å². The van der Waals surface area contributed by atoms with Gasteiger partial charge < -0.3 is 5.32 Å². The molecule has 1 saturated carbocycles. The maximum atomic E-state index is 11.7. The third kappa shape index (κ3) is 2.67. The molecule has 0 saturated heterocycles. The number of benzene rings is 1. The Labute approximate surface area is 125 Å². The molecule has 2 atom stereocenters. The highest BCUT2D eigenvalue weighted by Gasteiger charge is 2.29. The number of hydrogen-bond acceptors (Lipinski definition) is 3. The summed E-state index contributed by atoms with van der Waals surface area (Å²) in [5.74, 6) is 0.742. The van der Waals surface area contributed by atoms with Crippen LogP contribution >= 0.6 is 0 Å². The van der Waals surface area contributed by atoms with E-state index < -0.39 is 0 Å². The summed E-state index contributed by atoms with van der Waals surface area (Å²) in [6, 6.07) is 5.91. The van der Waals surface area contributed by atoms with Gasteiger partial charge in [-0.25, -0.2) is 0 Å². The van der Waals surface area contributed by atoms with Gasteiger partial charge in [-0.15, -0.1) is 0 Å². The zero-order valence-electron chi connectivity index (χ0n) is 12.6. The maximum absolute atomic E-state index is 11.7. The third-order valence-electron chi connectivity index (χ3n) is 4.76. The summed E-state index contributed by atoms with van der Waals surface area (Å²) in [5, 5.41) is 5.92. The average Bonchev–Trinajstić information content (AvgIpc) is 2.74. The first-order valence-electron chi connectivity index (χ1n) is 7.82. The number of hydrogen-bond donors (Lipinski definition) is 2. The lowest BCUT2D eigenvalue weighted by molar-refractivity contribution is 0.0879. The fourth-order valence-corrected chi connectivity index (χ4v) is 3.61. The Kier molecular flexibility index (Phi) is 3.70. The number of carbonyl (C=O) groups excluding carboxylic acids is 2. The highest BCUT2D eigenvalue weighted by Crippen LogP contribution is 2.33. The molecular weight excluding hydrogens is 264 g/mol. The second kappa shape index (κ2) is 5.51. The molecular formula is C17H22N2O2. The van der Waals surface area contributed by atoms with Crippen LogP contribution in [0.15, 0.2) is 18.2 Å². The number of rotatable bonds is 3. The van der Waals surface area contributed by atoms with Gasteiger partial charge in [0.25, 0.3) is 11.8 Å². The average molecular weight is 286 g/mol. The van der Waals surface area contributed by atoms with Crippen molar-refractivity contribution in [3.8, 4) is 0 Å². The van der Waals surface area contributed by atoms with E-state index in [1.165, 1.54) is 25.7 Å². The van der Waals surface area contributed by atoms with Crippen molar-refractivity contribution in [1.82, 2.24) is 5.32 Å². The summed E-state index contributed by atoms with van der Waals surface area (Å²) in [4.78, 5) is 23.3. The Morgan fingerprint density at radius 1 is 1.10 bits per heavy atom. The van der Waals surface area contributed by atoms with Gasteiger partial charge >= 0.3 is 0 Å². The lowest BCUT2D eigenvalue weighted by Crippen LogP contribution is -2.35. The molecule has 4 nitrogen and oxygen atoms in total. The quantitative estimate of drug-likeness (QED) is 0.839. The van der Waals surface area contributed by atoms with Crippen molar-refractivity contribution in [2.24, 2.45) is 11.8 Å². The molecule has 1 aromatic carbocycles. The van der Waals surface area contributed by atoms with Crippen LogP contribution < -0.4 is 10.6 Å². The molecule has 1 aromatic rings. The summed E-state index contributed by atoms with van der Waals surface area (Å²) < 4.78 is 0. The van der Waals surface area contributed by atoms with Gasteiger partial charge in [-0.1, -0.05) is 26.7 Å². The van der Waals surface area contributed by atoms with Crippen LogP contribution in [0.5, 0.6) is 0 Å². The zero-order chi connectivity index (χ0) is 15.0. The molecule has 2 aliphatic rings. The molecule has 1 heterocycles. The van der Waals surface area contributed by atoms with Gasteiger partial charge in [0.15, 0.2) is 0 Å². The van der Waals surface area contributed by atoms with Gasteiger partial charge in [0.05, 0.1) is 11.1 Å². The van der Waals surface area contributed by atoms with Crippen LogP contribution in [0.4, 0.5) is 5.69 Å². The second-order valence-corrected chi connectivity index (χ2v) is 6.49. The minimum absolute atomic E-state index is 0.289. The fourth-order valence-electron chi connectivity index (χ4n) is 3.61. The molecule has 1 fully saturated rings. The molecule has 0 bridgehead atoms. The Bertz CT molecular complexity index is 580. The van der Waals surface area contributed by atoms with Crippen LogP contribution in [-0.4, -0.2) is 17.9 Å². The van der Waals surface area contributed by atoms with Crippen LogP contribution in [0.2, 0.25) is 0 Å². The van der Waals surface area contributed by atoms with E-state index in [0.29, 0.717) is 29.0 Å². The molecule has 4 heteroatoms. The largest absolute Gasteiger partial charge is 0.382 e. The zero-order valence-corrected chi connectivity index (χ0v) is 12.6. The van der Waals surface area contributed by atoms with Gasteiger partial charge in [0, 0.05) is 11.7 Å². The van der Waals surface area contributed by atoms with E-state index in [9.17, 15) is 9.59 Å². The number of imide groups is 1. The Morgan fingerprint density at radius 2 is 1.81 bits per heavy atom. The van der Waals surface area contributed by atoms with Crippen molar-refractivity contribution >= 4 is 17.5 Å². The predicted octanol–water partition coefficient (Wildman–Crippen LogP) is 3.20. The number of carbonyl (C=O) groups is 2. The summed E-state index contributed by atoms with van der Waals surface area (Å²) in [6.07, 6.45) is 5.00. The second-order valence-electron chi connectivity index (χ2n) is 6.49. The highest BCUT2D eigenvalue weighted by atomic mass is 16.2. The van der Waals surface area contributed by atoms with Crippen molar-refractivity contribution in [2.45, 2.75) is 45.6 Å². The van der Waals surface area contributed by atoms with Crippen molar-refractivity contribution in [3.63, 3.8) is 0 Å². The molecule has 2 unspecified atom stereocenters. The Morgan fingerprint density at radius 3 is 2.57 bits per heavy atom. The topological polar surface area (TPSA) is 58.2 Å². The normalized spacial score (nSPS) is 24.9. The van der Waals surface area contributed by atoms with E-state index in [1.54, 1.807) is 6.07 Å². The van der Waals surface area contributed by atoms with Gasteiger partial charge in [0.1, 0.15) is 0 Å². The van der Waals surface area contributed by atoms with E-state index in [4.69, 9.17) is 0 Å². The Balaban J connectivity index is 1.80.